The van der Waals surface area contributed by atoms with E-state index in [4.69, 9.17) is 23.2 Å². The quantitative estimate of drug-likeness (QED) is 0.592. The predicted molar refractivity (Wildman–Crippen MR) is 106 cm³/mol. The minimum atomic E-state index is -0.427. The molecular formula is C16H15Cl2N5OS. The smallest absolute Gasteiger partial charge is 0.336 e. The Morgan fingerprint density at radius 3 is 2.40 bits per heavy atom. The third-order valence-electron chi connectivity index (χ3n) is 3.52. The van der Waals surface area contributed by atoms with Gasteiger partial charge in [-0.25, -0.2) is 4.79 Å². The number of aliphatic imine (C=N–C) groups is 1. The van der Waals surface area contributed by atoms with Gasteiger partial charge in [0.1, 0.15) is 0 Å². The van der Waals surface area contributed by atoms with Crippen molar-refractivity contribution in [3.05, 3.63) is 52.5 Å². The van der Waals surface area contributed by atoms with Crippen molar-refractivity contribution in [2.24, 2.45) is 4.99 Å². The second-order valence-electron chi connectivity index (χ2n) is 5.15. The molecule has 2 aromatic carbocycles. The summed E-state index contributed by atoms with van der Waals surface area (Å²) in [4.78, 5) is 18.0. The maximum atomic E-state index is 12.3. The Morgan fingerprint density at radius 2 is 1.84 bits per heavy atom. The van der Waals surface area contributed by atoms with Crippen LogP contribution in [0.5, 0.6) is 0 Å². The van der Waals surface area contributed by atoms with Gasteiger partial charge in [-0.1, -0.05) is 54.2 Å². The minimum Gasteiger partial charge on any atom is -0.354 e. The fraction of sp³-hybridized carbons (Fsp3) is 0.125. The fourth-order valence-electron chi connectivity index (χ4n) is 2.42. The number of guanidine groups is 1. The number of rotatable bonds is 3. The van der Waals surface area contributed by atoms with Gasteiger partial charge in [-0.3, -0.25) is 14.6 Å². The SMILES string of the molecule is O=C(NS)N(c1ccccc1)c1cc(Cl)c(NC2=NCCN2)c(Cl)c1. The summed E-state index contributed by atoms with van der Waals surface area (Å²) in [6.07, 6.45) is 0. The summed E-state index contributed by atoms with van der Waals surface area (Å²) in [5, 5.41) is 6.89. The topological polar surface area (TPSA) is 68.8 Å². The zero-order valence-corrected chi connectivity index (χ0v) is 15.4. The lowest BCUT2D eigenvalue weighted by molar-refractivity contribution is 0.254. The van der Waals surface area contributed by atoms with Crippen molar-refractivity contribution in [1.29, 1.82) is 0 Å². The van der Waals surface area contributed by atoms with Crippen LogP contribution in [0, 0.1) is 0 Å². The second-order valence-corrected chi connectivity index (χ2v) is 6.19. The molecule has 9 heteroatoms. The van der Waals surface area contributed by atoms with Gasteiger partial charge in [-0.05, 0) is 24.3 Å². The molecule has 2 aromatic rings. The van der Waals surface area contributed by atoms with Crippen LogP contribution < -0.4 is 20.3 Å². The summed E-state index contributed by atoms with van der Waals surface area (Å²) in [6.45, 7) is 1.46. The predicted octanol–water partition coefficient (Wildman–Crippen LogP) is 4.06. The molecule has 6 nitrogen and oxygen atoms in total. The average Bonchev–Trinajstić information content (AvgIpc) is 3.12. The summed E-state index contributed by atoms with van der Waals surface area (Å²) in [5.41, 5.74) is 1.70. The van der Waals surface area contributed by atoms with Crippen molar-refractivity contribution >= 4 is 65.1 Å². The highest BCUT2D eigenvalue weighted by Gasteiger charge is 2.20. The monoisotopic (exact) mass is 395 g/mol. The van der Waals surface area contributed by atoms with Gasteiger partial charge in [0.15, 0.2) is 5.96 Å². The van der Waals surface area contributed by atoms with E-state index in [1.165, 1.54) is 4.90 Å². The van der Waals surface area contributed by atoms with Crippen LogP contribution in [0.15, 0.2) is 47.5 Å². The van der Waals surface area contributed by atoms with Crippen molar-refractivity contribution in [3.63, 3.8) is 0 Å². The molecular weight excluding hydrogens is 381 g/mol. The van der Waals surface area contributed by atoms with E-state index in [1.54, 1.807) is 24.3 Å². The summed E-state index contributed by atoms with van der Waals surface area (Å²) in [6, 6.07) is 12.0. The molecule has 0 fully saturated rings. The molecule has 0 saturated heterocycles. The van der Waals surface area contributed by atoms with Crippen LogP contribution in [0.1, 0.15) is 0 Å². The number of carbonyl (C=O) groups excluding carboxylic acids is 1. The van der Waals surface area contributed by atoms with E-state index in [1.807, 2.05) is 18.2 Å². The maximum Gasteiger partial charge on any atom is 0.336 e. The number of halogens is 2. The number of hydrogen-bond donors (Lipinski definition) is 4. The first kappa shape index (κ1) is 17.7. The number of carbonyl (C=O) groups is 1. The average molecular weight is 396 g/mol. The first-order chi connectivity index (χ1) is 12.1. The molecule has 0 aromatic heterocycles. The number of anilines is 3. The lowest BCUT2D eigenvalue weighted by atomic mass is 10.2. The molecule has 25 heavy (non-hydrogen) atoms. The number of thiol groups is 1. The highest BCUT2D eigenvalue weighted by molar-refractivity contribution is 7.78. The standard InChI is InChI=1S/C16H15Cl2N5OS/c17-12-8-11(9-13(18)14(12)21-15-19-6-7-20-15)23(16(24)22-25)10-4-2-1-3-5-10/h1-5,8-9,25H,6-7H2,(H,22,24)(H2,19,20,21). The van der Waals surface area contributed by atoms with Crippen LogP contribution in [0.25, 0.3) is 0 Å². The van der Waals surface area contributed by atoms with Crippen molar-refractivity contribution in [2.45, 2.75) is 0 Å². The van der Waals surface area contributed by atoms with Gasteiger partial charge in [0.05, 0.1) is 33.7 Å². The number of para-hydroxylation sites is 1. The Bertz CT molecular complexity index is 792. The van der Waals surface area contributed by atoms with Gasteiger partial charge >= 0.3 is 6.03 Å². The van der Waals surface area contributed by atoms with Crippen LogP contribution in [-0.2, 0) is 0 Å². The fourth-order valence-corrected chi connectivity index (χ4v) is 3.09. The minimum absolute atomic E-state index is 0.367. The van der Waals surface area contributed by atoms with Crippen molar-refractivity contribution in [2.75, 3.05) is 23.3 Å². The molecule has 2 amide bonds. The number of benzene rings is 2. The zero-order chi connectivity index (χ0) is 17.8. The van der Waals surface area contributed by atoms with Gasteiger partial charge in [-0.15, -0.1) is 0 Å². The molecule has 130 valence electrons. The first-order valence-corrected chi connectivity index (χ1v) is 8.64. The third kappa shape index (κ3) is 3.95. The number of nitrogens with zero attached hydrogens (tertiary/aromatic N) is 2. The molecule has 0 spiro atoms. The Kier molecular flexibility index (Phi) is 5.57. The van der Waals surface area contributed by atoms with Crippen LogP contribution in [0.3, 0.4) is 0 Å². The van der Waals surface area contributed by atoms with Crippen LogP contribution in [0.4, 0.5) is 21.9 Å². The number of urea groups is 1. The molecule has 1 heterocycles. The molecule has 1 aliphatic heterocycles. The van der Waals surface area contributed by atoms with Gasteiger partial charge in [0.2, 0.25) is 0 Å². The Labute approximate surface area is 160 Å². The number of amides is 2. The molecule has 1 aliphatic rings. The van der Waals surface area contributed by atoms with E-state index in [0.717, 1.165) is 6.54 Å². The Balaban J connectivity index is 1.98. The zero-order valence-electron chi connectivity index (χ0n) is 13.0. The van der Waals surface area contributed by atoms with Crippen molar-refractivity contribution in [3.8, 4) is 0 Å². The molecule has 3 N–H and O–H groups in total. The first-order valence-electron chi connectivity index (χ1n) is 7.44. The van der Waals surface area contributed by atoms with Crippen molar-refractivity contribution in [1.82, 2.24) is 10.0 Å². The molecule has 0 bridgehead atoms. The molecule has 0 radical (unpaired) electrons. The van der Waals surface area contributed by atoms with Gasteiger partial charge < -0.3 is 10.6 Å². The van der Waals surface area contributed by atoms with Gasteiger partial charge in [0.25, 0.3) is 0 Å². The summed E-state index contributed by atoms with van der Waals surface area (Å²) < 4.78 is 2.32. The summed E-state index contributed by atoms with van der Waals surface area (Å²) >= 11 is 16.6. The second kappa shape index (κ2) is 7.86. The van der Waals surface area contributed by atoms with E-state index in [-0.39, 0.29) is 0 Å². The van der Waals surface area contributed by atoms with Crippen molar-refractivity contribution < 1.29 is 4.79 Å². The largest absolute Gasteiger partial charge is 0.354 e. The molecule has 0 aliphatic carbocycles. The lowest BCUT2D eigenvalue weighted by Crippen LogP contribution is -2.32. The highest BCUT2D eigenvalue weighted by Crippen LogP contribution is 2.37. The Morgan fingerprint density at radius 1 is 1.16 bits per heavy atom. The van der Waals surface area contributed by atoms with E-state index >= 15 is 0 Å². The lowest BCUT2D eigenvalue weighted by Gasteiger charge is -2.23. The van der Waals surface area contributed by atoms with Gasteiger partial charge in [-0.2, -0.15) is 0 Å². The summed E-state index contributed by atoms with van der Waals surface area (Å²) in [7, 11) is 0. The molecule has 0 saturated carbocycles. The van der Waals surface area contributed by atoms with E-state index < -0.39 is 6.03 Å². The van der Waals surface area contributed by atoms with E-state index in [2.05, 4.69) is 33.2 Å². The highest BCUT2D eigenvalue weighted by atomic mass is 35.5. The maximum absolute atomic E-state index is 12.3. The Hall–Kier alpha value is -2.09. The third-order valence-corrected chi connectivity index (χ3v) is 4.30. The molecule has 0 unspecified atom stereocenters. The molecule has 3 rings (SSSR count). The van der Waals surface area contributed by atoms with E-state index in [9.17, 15) is 4.79 Å². The van der Waals surface area contributed by atoms with E-state index in [0.29, 0.717) is 39.6 Å². The number of hydrogen-bond acceptors (Lipinski definition) is 5. The van der Waals surface area contributed by atoms with Crippen LogP contribution in [-0.4, -0.2) is 25.1 Å². The summed E-state index contributed by atoms with van der Waals surface area (Å²) in [5.74, 6) is 0.615. The van der Waals surface area contributed by atoms with Crippen LogP contribution in [0.2, 0.25) is 10.0 Å². The van der Waals surface area contributed by atoms with Gasteiger partial charge in [0, 0.05) is 6.54 Å². The van der Waals surface area contributed by atoms with Crippen LogP contribution >= 0.6 is 36.0 Å². The number of nitrogens with one attached hydrogen (secondary N) is 3. The molecule has 0 atom stereocenters. The normalized spacial score (nSPS) is 13.0.